The van der Waals surface area contributed by atoms with Gasteiger partial charge in [-0.15, -0.1) is 11.3 Å². The maximum atomic E-state index is 6.18. The molecule has 0 aromatic carbocycles. The fourth-order valence-corrected chi connectivity index (χ4v) is 2.93. The molecule has 1 aromatic heterocycles. The average molecular weight is 260 g/mol. The van der Waals surface area contributed by atoms with Crippen molar-refractivity contribution < 1.29 is 0 Å². The van der Waals surface area contributed by atoms with Gasteiger partial charge in [0.05, 0.1) is 5.02 Å². The van der Waals surface area contributed by atoms with Gasteiger partial charge in [0.25, 0.3) is 0 Å². The van der Waals surface area contributed by atoms with Crippen molar-refractivity contribution in [2.75, 3.05) is 7.05 Å². The summed E-state index contributed by atoms with van der Waals surface area (Å²) >= 11 is 7.92. The first kappa shape index (κ1) is 14.0. The molecule has 0 amide bonds. The van der Waals surface area contributed by atoms with Crippen molar-refractivity contribution in [2.24, 2.45) is 11.3 Å². The van der Waals surface area contributed by atoms with Gasteiger partial charge in [-0.2, -0.15) is 0 Å². The summed E-state index contributed by atoms with van der Waals surface area (Å²) in [5.74, 6) is 0.656. The zero-order valence-corrected chi connectivity index (χ0v) is 12.4. The molecule has 0 fully saturated rings. The number of thiophene rings is 1. The van der Waals surface area contributed by atoms with Gasteiger partial charge in [-0.3, -0.25) is 0 Å². The fourth-order valence-electron chi connectivity index (χ4n) is 1.62. The Morgan fingerprint density at radius 3 is 2.44 bits per heavy atom. The van der Waals surface area contributed by atoms with Gasteiger partial charge in [0.1, 0.15) is 0 Å². The Morgan fingerprint density at radius 2 is 2.06 bits per heavy atom. The Kier molecular flexibility index (Phi) is 4.84. The van der Waals surface area contributed by atoms with Crippen molar-refractivity contribution in [3.05, 3.63) is 21.3 Å². The van der Waals surface area contributed by atoms with E-state index in [9.17, 15) is 0 Å². The first-order valence-electron chi connectivity index (χ1n) is 5.76. The predicted molar refractivity (Wildman–Crippen MR) is 74.4 cm³/mol. The molecule has 2 unspecified atom stereocenters. The third kappa shape index (κ3) is 3.47. The Bertz CT molecular complexity index is 327. The molecule has 0 spiro atoms. The molecule has 1 aromatic rings. The minimum atomic E-state index is 0.346. The van der Waals surface area contributed by atoms with Crippen LogP contribution in [0.5, 0.6) is 0 Å². The standard InChI is InChI=1S/C13H22ClNS/c1-9(13(2,3)4)8-11(15-5)12-10(14)6-7-16-12/h6-7,9,11,15H,8H2,1-5H3. The summed E-state index contributed by atoms with van der Waals surface area (Å²) in [6.07, 6.45) is 1.13. The molecule has 0 saturated heterocycles. The molecule has 0 saturated carbocycles. The molecule has 1 nitrogen and oxygen atoms in total. The van der Waals surface area contributed by atoms with Crippen LogP contribution in [0.4, 0.5) is 0 Å². The molecule has 92 valence electrons. The van der Waals surface area contributed by atoms with Crippen LogP contribution in [0.1, 0.15) is 45.0 Å². The second kappa shape index (κ2) is 5.52. The van der Waals surface area contributed by atoms with Gasteiger partial charge in [-0.1, -0.05) is 39.3 Å². The highest BCUT2D eigenvalue weighted by Crippen LogP contribution is 2.37. The highest BCUT2D eigenvalue weighted by atomic mass is 35.5. The third-order valence-electron chi connectivity index (χ3n) is 3.38. The van der Waals surface area contributed by atoms with Crippen LogP contribution >= 0.6 is 22.9 Å². The van der Waals surface area contributed by atoms with Gasteiger partial charge >= 0.3 is 0 Å². The van der Waals surface area contributed by atoms with E-state index >= 15 is 0 Å². The van der Waals surface area contributed by atoms with Crippen molar-refractivity contribution in [2.45, 2.75) is 40.2 Å². The maximum Gasteiger partial charge on any atom is 0.0561 e. The van der Waals surface area contributed by atoms with E-state index in [2.05, 4.69) is 38.4 Å². The van der Waals surface area contributed by atoms with E-state index in [1.54, 1.807) is 11.3 Å². The summed E-state index contributed by atoms with van der Waals surface area (Å²) in [5, 5.41) is 6.33. The molecule has 0 radical (unpaired) electrons. The topological polar surface area (TPSA) is 12.0 Å². The van der Waals surface area contributed by atoms with Crippen LogP contribution in [0.15, 0.2) is 11.4 Å². The summed E-state index contributed by atoms with van der Waals surface area (Å²) in [6, 6.07) is 2.36. The molecule has 1 rings (SSSR count). The van der Waals surface area contributed by atoms with E-state index in [4.69, 9.17) is 11.6 Å². The first-order chi connectivity index (χ1) is 7.36. The molecule has 3 heteroatoms. The second-order valence-corrected chi connectivity index (χ2v) is 6.83. The van der Waals surface area contributed by atoms with E-state index in [1.807, 2.05) is 13.1 Å². The lowest BCUT2D eigenvalue weighted by Gasteiger charge is -2.30. The molecular formula is C13H22ClNS. The van der Waals surface area contributed by atoms with E-state index in [0.717, 1.165) is 11.4 Å². The van der Waals surface area contributed by atoms with Gasteiger partial charge < -0.3 is 5.32 Å². The summed E-state index contributed by atoms with van der Waals surface area (Å²) in [4.78, 5) is 1.26. The van der Waals surface area contributed by atoms with E-state index in [1.165, 1.54) is 4.88 Å². The minimum Gasteiger partial charge on any atom is -0.312 e. The molecule has 1 heterocycles. The van der Waals surface area contributed by atoms with Crippen LogP contribution in [0.3, 0.4) is 0 Å². The summed E-state index contributed by atoms with van der Waals surface area (Å²) < 4.78 is 0. The van der Waals surface area contributed by atoms with Crippen LogP contribution in [0, 0.1) is 11.3 Å². The molecule has 1 N–H and O–H groups in total. The van der Waals surface area contributed by atoms with E-state index < -0.39 is 0 Å². The number of rotatable bonds is 4. The van der Waals surface area contributed by atoms with Crippen LogP contribution < -0.4 is 5.32 Å². The SMILES string of the molecule is CNC(CC(C)C(C)(C)C)c1sccc1Cl. The number of nitrogens with one attached hydrogen (secondary N) is 1. The lowest BCUT2D eigenvalue weighted by atomic mass is 9.78. The van der Waals surface area contributed by atoms with E-state index in [0.29, 0.717) is 17.4 Å². The Morgan fingerprint density at radius 1 is 1.44 bits per heavy atom. The van der Waals surface area contributed by atoms with Crippen molar-refractivity contribution in [1.29, 1.82) is 0 Å². The van der Waals surface area contributed by atoms with Crippen molar-refractivity contribution in [3.63, 3.8) is 0 Å². The average Bonchev–Trinajstić information content (AvgIpc) is 2.59. The number of hydrogen-bond donors (Lipinski definition) is 1. The minimum absolute atomic E-state index is 0.346. The normalized spacial score (nSPS) is 16.1. The monoisotopic (exact) mass is 259 g/mol. The Balaban J connectivity index is 2.74. The Hall–Kier alpha value is -0.0500. The zero-order chi connectivity index (χ0) is 12.3. The molecular weight excluding hydrogens is 238 g/mol. The quantitative estimate of drug-likeness (QED) is 0.824. The van der Waals surface area contributed by atoms with Crippen LogP contribution in [0.25, 0.3) is 0 Å². The van der Waals surface area contributed by atoms with Crippen molar-refractivity contribution in [1.82, 2.24) is 5.32 Å². The maximum absolute atomic E-state index is 6.18. The second-order valence-electron chi connectivity index (χ2n) is 5.48. The molecule has 0 bridgehead atoms. The molecule has 16 heavy (non-hydrogen) atoms. The third-order valence-corrected chi connectivity index (χ3v) is 4.85. The molecule has 2 atom stereocenters. The number of hydrogen-bond acceptors (Lipinski definition) is 2. The van der Waals surface area contributed by atoms with Gasteiger partial charge in [0.15, 0.2) is 0 Å². The lowest BCUT2D eigenvalue weighted by molar-refractivity contribution is 0.227. The van der Waals surface area contributed by atoms with Gasteiger partial charge in [0.2, 0.25) is 0 Å². The Labute approximate surface area is 108 Å². The van der Waals surface area contributed by atoms with Crippen LogP contribution in [0.2, 0.25) is 5.02 Å². The summed E-state index contributed by atoms with van der Waals surface area (Å²) in [6.45, 7) is 9.19. The van der Waals surface area contributed by atoms with Gasteiger partial charge in [0, 0.05) is 10.9 Å². The first-order valence-corrected chi connectivity index (χ1v) is 7.02. The van der Waals surface area contributed by atoms with Crippen LogP contribution in [-0.4, -0.2) is 7.05 Å². The molecule has 0 aliphatic carbocycles. The fraction of sp³-hybridized carbons (Fsp3) is 0.692. The largest absolute Gasteiger partial charge is 0.312 e. The summed E-state index contributed by atoms with van der Waals surface area (Å²) in [7, 11) is 2.01. The molecule has 0 aliphatic heterocycles. The lowest BCUT2D eigenvalue weighted by Crippen LogP contribution is -2.25. The predicted octanol–water partition coefficient (Wildman–Crippen LogP) is 4.73. The van der Waals surface area contributed by atoms with Crippen molar-refractivity contribution in [3.8, 4) is 0 Å². The highest BCUT2D eigenvalue weighted by Gasteiger charge is 2.25. The van der Waals surface area contributed by atoms with Gasteiger partial charge in [-0.25, -0.2) is 0 Å². The van der Waals surface area contributed by atoms with Crippen molar-refractivity contribution >= 4 is 22.9 Å². The van der Waals surface area contributed by atoms with E-state index in [-0.39, 0.29) is 0 Å². The van der Waals surface area contributed by atoms with Gasteiger partial charge in [-0.05, 0) is 36.2 Å². The number of halogens is 1. The zero-order valence-electron chi connectivity index (χ0n) is 10.8. The highest BCUT2D eigenvalue weighted by molar-refractivity contribution is 7.10. The summed E-state index contributed by atoms with van der Waals surface area (Å²) in [5.41, 5.74) is 0.346. The smallest absolute Gasteiger partial charge is 0.0561 e. The van der Waals surface area contributed by atoms with Crippen LogP contribution in [-0.2, 0) is 0 Å². The molecule has 0 aliphatic rings.